The molecule has 0 unspecified atom stereocenters. The average molecular weight is 228 g/mol. The van der Waals surface area contributed by atoms with Crippen molar-refractivity contribution in [3.63, 3.8) is 0 Å². The van der Waals surface area contributed by atoms with E-state index in [9.17, 15) is 0 Å². The first-order valence-electron chi connectivity index (χ1n) is 5.58. The van der Waals surface area contributed by atoms with E-state index in [1.807, 2.05) is 18.0 Å². The van der Waals surface area contributed by atoms with Crippen LogP contribution in [-0.4, -0.2) is 23.6 Å². The quantitative estimate of drug-likeness (QED) is 0.866. The molecule has 0 saturated heterocycles. The minimum Gasteiger partial charge on any atom is -0.396 e. The normalized spacial score (nSPS) is 10.2. The van der Waals surface area contributed by atoms with Crippen molar-refractivity contribution in [2.75, 3.05) is 24.2 Å². The Bertz CT molecular complexity index is 453. The standard InChI is InChI=1S/C13H16N4/c1-17(13-15-9-12(14)10-16-13)8-7-11-5-3-2-4-6-11/h2-6,9-10H,7-8,14H2,1H3. The summed E-state index contributed by atoms with van der Waals surface area (Å²) in [6.07, 6.45) is 4.23. The molecule has 0 amide bonds. The van der Waals surface area contributed by atoms with Gasteiger partial charge in [-0.1, -0.05) is 30.3 Å². The number of benzene rings is 1. The average Bonchev–Trinajstić information content (AvgIpc) is 2.38. The second-order valence-corrected chi connectivity index (χ2v) is 3.97. The van der Waals surface area contributed by atoms with Gasteiger partial charge >= 0.3 is 0 Å². The lowest BCUT2D eigenvalue weighted by Gasteiger charge is -2.16. The maximum absolute atomic E-state index is 5.55. The molecule has 17 heavy (non-hydrogen) atoms. The Hall–Kier alpha value is -2.10. The highest BCUT2D eigenvalue weighted by Crippen LogP contribution is 2.07. The van der Waals surface area contributed by atoms with Crippen molar-refractivity contribution in [1.82, 2.24) is 9.97 Å². The summed E-state index contributed by atoms with van der Waals surface area (Å²) in [5.41, 5.74) is 7.45. The first-order chi connectivity index (χ1) is 8.25. The van der Waals surface area contributed by atoms with E-state index in [-0.39, 0.29) is 0 Å². The molecule has 0 radical (unpaired) electrons. The smallest absolute Gasteiger partial charge is 0.225 e. The lowest BCUT2D eigenvalue weighted by atomic mass is 10.1. The van der Waals surface area contributed by atoms with Gasteiger partial charge in [0.1, 0.15) is 0 Å². The van der Waals surface area contributed by atoms with Crippen molar-refractivity contribution in [3.05, 3.63) is 48.3 Å². The van der Waals surface area contributed by atoms with Gasteiger partial charge in [0.15, 0.2) is 0 Å². The molecule has 4 heteroatoms. The van der Waals surface area contributed by atoms with Gasteiger partial charge in [-0.3, -0.25) is 0 Å². The number of nitrogens with two attached hydrogens (primary N) is 1. The molecule has 2 rings (SSSR count). The zero-order chi connectivity index (χ0) is 12.1. The summed E-state index contributed by atoms with van der Waals surface area (Å²) in [4.78, 5) is 10.4. The Balaban J connectivity index is 1.93. The van der Waals surface area contributed by atoms with Crippen molar-refractivity contribution in [1.29, 1.82) is 0 Å². The maximum Gasteiger partial charge on any atom is 0.225 e. The number of aromatic nitrogens is 2. The zero-order valence-corrected chi connectivity index (χ0v) is 9.87. The van der Waals surface area contributed by atoms with E-state index in [2.05, 4.69) is 34.2 Å². The summed E-state index contributed by atoms with van der Waals surface area (Å²) >= 11 is 0. The highest BCUT2D eigenvalue weighted by Gasteiger charge is 2.03. The molecule has 0 aliphatic carbocycles. The molecule has 0 bridgehead atoms. The van der Waals surface area contributed by atoms with E-state index in [0.717, 1.165) is 13.0 Å². The summed E-state index contributed by atoms with van der Waals surface area (Å²) in [5.74, 6) is 0.704. The number of likely N-dealkylation sites (N-methyl/N-ethyl adjacent to an activating group) is 1. The minimum atomic E-state index is 0.588. The highest BCUT2D eigenvalue weighted by molar-refractivity contribution is 5.37. The monoisotopic (exact) mass is 228 g/mol. The molecule has 0 aliphatic heterocycles. The van der Waals surface area contributed by atoms with Gasteiger partial charge in [0.25, 0.3) is 0 Å². The van der Waals surface area contributed by atoms with Crippen molar-refractivity contribution >= 4 is 11.6 Å². The van der Waals surface area contributed by atoms with Gasteiger partial charge in [-0.05, 0) is 12.0 Å². The predicted molar refractivity (Wildman–Crippen MR) is 69.9 cm³/mol. The molecule has 0 fully saturated rings. The zero-order valence-electron chi connectivity index (χ0n) is 9.87. The third kappa shape index (κ3) is 3.17. The van der Waals surface area contributed by atoms with E-state index in [0.29, 0.717) is 11.6 Å². The van der Waals surface area contributed by atoms with Crippen LogP contribution < -0.4 is 10.6 Å². The van der Waals surface area contributed by atoms with Gasteiger partial charge in [-0.15, -0.1) is 0 Å². The van der Waals surface area contributed by atoms with E-state index in [1.165, 1.54) is 5.56 Å². The number of hydrogen-bond acceptors (Lipinski definition) is 4. The number of nitrogen functional groups attached to an aromatic ring is 1. The largest absolute Gasteiger partial charge is 0.396 e. The van der Waals surface area contributed by atoms with Gasteiger partial charge < -0.3 is 10.6 Å². The van der Waals surface area contributed by atoms with Crippen molar-refractivity contribution in [2.45, 2.75) is 6.42 Å². The molecular weight excluding hydrogens is 212 g/mol. The van der Waals surface area contributed by atoms with Gasteiger partial charge in [0.2, 0.25) is 5.95 Å². The predicted octanol–water partition coefficient (Wildman–Crippen LogP) is 1.74. The number of hydrogen-bond donors (Lipinski definition) is 1. The number of nitrogens with zero attached hydrogens (tertiary/aromatic N) is 3. The van der Waals surface area contributed by atoms with Crippen molar-refractivity contribution < 1.29 is 0 Å². The van der Waals surface area contributed by atoms with E-state index >= 15 is 0 Å². The van der Waals surface area contributed by atoms with Crippen LogP contribution in [0.5, 0.6) is 0 Å². The van der Waals surface area contributed by atoms with Crippen LogP contribution in [0.2, 0.25) is 0 Å². The second-order valence-electron chi connectivity index (χ2n) is 3.97. The Kier molecular flexibility index (Phi) is 3.55. The van der Waals surface area contributed by atoms with Crippen molar-refractivity contribution in [2.24, 2.45) is 0 Å². The molecule has 0 aliphatic rings. The lowest BCUT2D eigenvalue weighted by Crippen LogP contribution is -2.22. The summed E-state index contributed by atoms with van der Waals surface area (Å²) < 4.78 is 0. The van der Waals surface area contributed by atoms with Crippen molar-refractivity contribution in [3.8, 4) is 0 Å². The molecular formula is C13H16N4. The molecule has 0 spiro atoms. The van der Waals surface area contributed by atoms with Gasteiger partial charge in [0.05, 0.1) is 18.1 Å². The first-order valence-corrected chi connectivity index (χ1v) is 5.58. The first kappa shape index (κ1) is 11.4. The molecule has 1 aromatic carbocycles. The van der Waals surface area contributed by atoms with Crippen LogP contribution in [0.15, 0.2) is 42.7 Å². The van der Waals surface area contributed by atoms with Crippen LogP contribution >= 0.6 is 0 Å². The number of rotatable bonds is 4. The minimum absolute atomic E-state index is 0.588. The third-order valence-electron chi connectivity index (χ3n) is 2.58. The lowest BCUT2D eigenvalue weighted by molar-refractivity contribution is 0.838. The Morgan fingerprint density at radius 1 is 1.12 bits per heavy atom. The molecule has 0 saturated carbocycles. The third-order valence-corrected chi connectivity index (χ3v) is 2.58. The molecule has 4 nitrogen and oxygen atoms in total. The van der Waals surface area contributed by atoms with E-state index in [4.69, 9.17) is 5.73 Å². The van der Waals surface area contributed by atoms with Crippen LogP contribution in [0, 0.1) is 0 Å². The fraction of sp³-hybridized carbons (Fsp3) is 0.231. The van der Waals surface area contributed by atoms with Crippen LogP contribution in [0.25, 0.3) is 0 Å². The Morgan fingerprint density at radius 3 is 2.41 bits per heavy atom. The van der Waals surface area contributed by atoms with Crippen LogP contribution in [0.3, 0.4) is 0 Å². The molecule has 1 heterocycles. The van der Waals surface area contributed by atoms with Gasteiger partial charge in [-0.25, -0.2) is 9.97 Å². The Labute approximate surface area is 101 Å². The van der Waals surface area contributed by atoms with Crippen LogP contribution in [0.1, 0.15) is 5.56 Å². The molecule has 0 atom stereocenters. The molecule has 1 aromatic heterocycles. The van der Waals surface area contributed by atoms with Gasteiger partial charge in [0, 0.05) is 13.6 Å². The molecule has 88 valence electrons. The summed E-state index contributed by atoms with van der Waals surface area (Å²) in [6, 6.07) is 10.4. The SMILES string of the molecule is CN(CCc1ccccc1)c1ncc(N)cn1. The van der Waals surface area contributed by atoms with Crippen LogP contribution in [0.4, 0.5) is 11.6 Å². The van der Waals surface area contributed by atoms with Gasteiger partial charge in [-0.2, -0.15) is 0 Å². The fourth-order valence-corrected chi connectivity index (χ4v) is 1.57. The fourth-order valence-electron chi connectivity index (χ4n) is 1.57. The Morgan fingerprint density at radius 2 is 1.76 bits per heavy atom. The highest BCUT2D eigenvalue weighted by atomic mass is 15.2. The van der Waals surface area contributed by atoms with E-state index < -0.39 is 0 Å². The summed E-state index contributed by atoms with van der Waals surface area (Å²) in [7, 11) is 1.98. The second kappa shape index (κ2) is 5.30. The van der Waals surface area contributed by atoms with Crippen LogP contribution in [-0.2, 0) is 6.42 Å². The topological polar surface area (TPSA) is 55.0 Å². The van der Waals surface area contributed by atoms with E-state index in [1.54, 1.807) is 12.4 Å². The molecule has 2 aromatic rings. The molecule has 2 N–H and O–H groups in total. The summed E-state index contributed by atoms with van der Waals surface area (Å²) in [5, 5.41) is 0. The maximum atomic E-state index is 5.55. The summed E-state index contributed by atoms with van der Waals surface area (Å²) in [6.45, 7) is 0.883. The number of anilines is 2.